The lowest BCUT2D eigenvalue weighted by Crippen LogP contribution is -2.42. The molecule has 1 aromatic rings. The molecule has 0 fully saturated rings. The van der Waals surface area contributed by atoms with E-state index in [0.29, 0.717) is 5.02 Å². The lowest BCUT2D eigenvalue weighted by Gasteiger charge is -2.31. The Balaban J connectivity index is 3.05. The van der Waals surface area contributed by atoms with Crippen LogP contribution < -0.4 is 5.32 Å². The molecule has 0 heterocycles. The summed E-state index contributed by atoms with van der Waals surface area (Å²) in [6.45, 7) is 2.13. The SMILES string of the molecule is CCC(CO)(NC)c1ccc(Cl)cc1. The van der Waals surface area contributed by atoms with Crippen molar-refractivity contribution in [3.63, 3.8) is 0 Å². The minimum absolute atomic E-state index is 0.0850. The van der Waals surface area contributed by atoms with Gasteiger partial charge >= 0.3 is 0 Å². The van der Waals surface area contributed by atoms with E-state index >= 15 is 0 Å². The van der Waals surface area contributed by atoms with Gasteiger partial charge in [-0.3, -0.25) is 0 Å². The van der Waals surface area contributed by atoms with E-state index in [1.807, 2.05) is 38.2 Å². The minimum Gasteiger partial charge on any atom is -0.394 e. The van der Waals surface area contributed by atoms with Crippen molar-refractivity contribution < 1.29 is 5.11 Å². The molecule has 1 unspecified atom stereocenters. The van der Waals surface area contributed by atoms with E-state index in [1.54, 1.807) is 0 Å². The van der Waals surface area contributed by atoms with Crippen LogP contribution in [0.25, 0.3) is 0 Å². The van der Waals surface area contributed by atoms with Gasteiger partial charge in [0.2, 0.25) is 0 Å². The van der Waals surface area contributed by atoms with Crippen molar-refractivity contribution in [1.82, 2.24) is 5.32 Å². The van der Waals surface area contributed by atoms with Gasteiger partial charge in [-0.15, -0.1) is 0 Å². The maximum Gasteiger partial charge on any atom is 0.0664 e. The molecule has 2 nitrogen and oxygen atoms in total. The van der Waals surface area contributed by atoms with Gasteiger partial charge in [0.15, 0.2) is 0 Å². The van der Waals surface area contributed by atoms with E-state index < -0.39 is 0 Å². The molecular formula is C11H16ClNO. The normalized spacial score (nSPS) is 15.1. The average Bonchev–Trinajstić information content (AvgIpc) is 2.24. The van der Waals surface area contributed by atoms with Crippen molar-refractivity contribution in [3.8, 4) is 0 Å². The summed E-state index contributed by atoms with van der Waals surface area (Å²) in [5.74, 6) is 0. The van der Waals surface area contributed by atoms with Crippen LogP contribution in [-0.2, 0) is 5.54 Å². The van der Waals surface area contributed by atoms with Crippen LogP contribution in [0.4, 0.5) is 0 Å². The molecule has 0 saturated heterocycles. The van der Waals surface area contributed by atoms with Gasteiger partial charge in [-0.1, -0.05) is 30.7 Å². The second kappa shape index (κ2) is 4.78. The highest BCUT2D eigenvalue weighted by molar-refractivity contribution is 6.30. The molecule has 0 bridgehead atoms. The highest BCUT2D eigenvalue weighted by Crippen LogP contribution is 2.25. The number of likely N-dealkylation sites (N-methyl/N-ethyl adjacent to an activating group) is 1. The Labute approximate surface area is 89.9 Å². The lowest BCUT2D eigenvalue weighted by molar-refractivity contribution is 0.164. The van der Waals surface area contributed by atoms with Gasteiger partial charge in [-0.2, -0.15) is 0 Å². The molecule has 0 aliphatic rings. The molecular weight excluding hydrogens is 198 g/mol. The largest absolute Gasteiger partial charge is 0.394 e. The Morgan fingerprint density at radius 2 is 1.93 bits per heavy atom. The predicted molar refractivity (Wildman–Crippen MR) is 59.6 cm³/mol. The number of benzene rings is 1. The van der Waals surface area contributed by atoms with E-state index in [4.69, 9.17) is 11.6 Å². The van der Waals surface area contributed by atoms with Gasteiger partial charge in [-0.05, 0) is 31.2 Å². The van der Waals surface area contributed by atoms with Gasteiger partial charge in [0.05, 0.1) is 12.1 Å². The van der Waals surface area contributed by atoms with E-state index in [9.17, 15) is 5.11 Å². The highest BCUT2D eigenvalue weighted by Gasteiger charge is 2.26. The van der Waals surface area contributed by atoms with Crippen LogP contribution in [0, 0.1) is 0 Å². The van der Waals surface area contributed by atoms with E-state index in [0.717, 1.165) is 12.0 Å². The summed E-state index contributed by atoms with van der Waals surface area (Å²) in [7, 11) is 1.86. The Bertz CT molecular complexity index is 272. The van der Waals surface area contributed by atoms with Crippen LogP contribution in [-0.4, -0.2) is 18.8 Å². The van der Waals surface area contributed by atoms with E-state index in [2.05, 4.69) is 5.32 Å². The summed E-state index contributed by atoms with van der Waals surface area (Å²) < 4.78 is 0. The Morgan fingerprint density at radius 1 is 1.36 bits per heavy atom. The number of halogens is 1. The Hall–Kier alpha value is -0.570. The number of rotatable bonds is 4. The first kappa shape index (κ1) is 11.5. The van der Waals surface area contributed by atoms with Crippen LogP contribution in [0.15, 0.2) is 24.3 Å². The molecule has 1 atom stereocenters. The highest BCUT2D eigenvalue weighted by atomic mass is 35.5. The first-order valence-corrected chi connectivity index (χ1v) is 5.12. The number of aliphatic hydroxyl groups excluding tert-OH is 1. The first-order chi connectivity index (χ1) is 6.68. The monoisotopic (exact) mass is 213 g/mol. The summed E-state index contributed by atoms with van der Waals surface area (Å²) in [4.78, 5) is 0. The molecule has 3 heteroatoms. The van der Waals surface area contributed by atoms with Crippen LogP contribution in [0.2, 0.25) is 5.02 Å². The molecule has 0 aliphatic heterocycles. The zero-order valence-electron chi connectivity index (χ0n) is 8.55. The van der Waals surface area contributed by atoms with E-state index in [-0.39, 0.29) is 12.1 Å². The maximum absolute atomic E-state index is 9.40. The van der Waals surface area contributed by atoms with Crippen molar-refractivity contribution in [1.29, 1.82) is 0 Å². The molecule has 2 N–H and O–H groups in total. The molecule has 0 aromatic heterocycles. The smallest absolute Gasteiger partial charge is 0.0664 e. The van der Waals surface area contributed by atoms with Crippen LogP contribution in [0.1, 0.15) is 18.9 Å². The van der Waals surface area contributed by atoms with Gasteiger partial charge in [0.25, 0.3) is 0 Å². The number of nitrogens with one attached hydrogen (secondary N) is 1. The van der Waals surface area contributed by atoms with Gasteiger partial charge in [0, 0.05) is 5.02 Å². The van der Waals surface area contributed by atoms with Crippen molar-refractivity contribution in [3.05, 3.63) is 34.9 Å². The number of aliphatic hydroxyl groups is 1. The zero-order valence-corrected chi connectivity index (χ0v) is 9.30. The fourth-order valence-corrected chi connectivity index (χ4v) is 1.70. The summed E-state index contributed by atoms with van der Waals surface area (Å²) in [6.07, 6.45) is 0.835. The average molecular weight is 214 g/mol. The summed E-state index contributed by atoms with van der Waals surface area (Å²) in [6, 6.07) is 7.57. The molecule has 14 heavy (non-hydrogen) atoms. The summed E-state index contributed by atoms with van der Waals surface area (Å²) in [5, 5.41) is 13.3. The number of hydrogen-bond acceptors (Lipinski definition) is 2. The minimum atomic E-state index is -0.343. The Kier molecular flexibility index (Phi) is 3.93. The second-order valence-corrected chi connectivity index (χ2v) is 3.79. The third-order valence-corrected chi connectivity index (χ3v) is 3.00. The third-order valence-electron chi connectivity index (χ3n) is 2.75. The topological polar surface area (TPSA) is 32.3 Å². The van der Waals surface area contributed by atoms with Crippen LogP contribution in [0.5, 0.6) is 0 Å². The summed E-state index contributed by atoms with van der Waals surface area (Å²) >= 11 is 5.81. The molecule has 0 radical (unpaired) electrons. The van der Waals surface area contributed by atoms with Gasteiger partial charge in [0.1, 0.15) is 0 Å². The van der Waals surface area contributed by atoms with Crippen molar-refractivity contribution in [2.45, 2.75) is 18.9 Å². The molecule has 1 aromatic carbocycles. The first-order valence-electron chi connectivity index (χ1n) is 4.74. The summed E-state index contributed by atoms with van der Waals surface area (Å²) in [5.41, 5.74) is 0.722. The molecule has 1 rings (SSSR count). The van der Waals surface area contributed by atoms with Crippen molar-refractivity contribution in [2.24, 2.45) is 0 Å². The quantitative estimate of drug-likeness (QED) is 0.804. The second-order valence-electron chi connectivity index (χ2n) is 3.35. The zero-order chi connectivity index (χ0) is 10.6. The fraction of sp³-hybridized carbons (Fsp3) is 0.455. The standard InChI is InChI=1S/C11H16ClNO/c1-3-11(8-14,13-2)9-4-6-10(12)7-5-9/h4-7,13-14H,3,8H2,1-2H3. The Morgan fingerprint density at radius 3 is 2.29 bits per heavy atom. The lowest BCUT2D eigenvalue weighted by atomic mass is 9.88. The molecule has 0 aliphatic carbocycles. The number of hydrogen-bond donors (Lipinski definition) is 2. The van der Waals surface area contributed by atoms with Crippen molar-refractivity contribution >= 4 is 11.6 Å². The van der Waals surface area contributed by atoms with Crippen LogP contribution in [0.3, 0.4) is 0 Å². The molecule has 78 valence electrons. The molecule has 0 saturated carbocycles. The van der Waals surface area contributed by atoms with Crippen molar-refractivity contribution in [2.75, 3.05) is 13.7 Å². The maximum atomic E-state index is 9.40. The third kappa shape index (κ3) is 2.08. The predicted octanol–water partition coefficient (Wildman–Crippen LogP) is 2.16. The van der Waals surface area contributed by atoms with Gasteiger partial charge in [-0.25, -0.2) is 0 Å². The molecule has 0 amide bonds. The van der Waals surface area contributed by atoms with Crippen LogP contribution >= 0.6 is 11.6 Å². The van der Waals surface area contributed by atoms with E-state index in [1.165, 1.54) is 0 Å². The molecule has 0 spiro atoms. The van der Waals surface area contributed by atoms with Gasteiger partial charge < -0.3 is 10.4 Å². The fourth-order valence-electron chi connectivity index (χ4n) is 1.58.